The van der Waals surface area contributed by atoms with E-state index in [9.17, 15) is 0 Å². The van der Waals surface area contributed by atoms with Crippen molar-refractivity contribution in [2.75, 3.05) is 6.54 Å². The summed E-state index contributed by atoms with van der Waals surface area (Å²) in [5.41, 5.74) is 1.23. The van der Waals surface area contributed by atoms with Gasteiger partial charge in [0.25, 0.3) is 0 Å². The topological polar surface area (TPSA) is 24.9 Å². The van der Waals surface area contributed by atoms with Gasteiger partial charge in [-0.25, -0.2) is 4.98 Å². The Kier molecular flexibility index (Phi) is 3.65. The van der Waals surface area contributed by atoms with Crippen molar-refractivity contribution in [2.24, 2.45) is 0 Å². The molecule has 2 rings (SSSR count). The Morgan fingerprint density at radius 2 is 2.12 bits per heavy atom. The minimum atomic E-state index is 0.0160. The molecule has 0 aromatic carbocycles. The molecular formula is C13H22N2S. The molecule has 0 aliphatic heterocycles. The molecule has 1 saturated carbocycles. The van der Waals surface area contributed by atoms with Crippen molar-refractivity contribution in [3.63, 3.8) is 0 Å². The van der Waals surface area contributed by atoms with Crippen LogP contribution in [0.5, 0.6) is 0 Å². The van der Waals surface area contributed by atoms with E-state index in [0.717, 1.165) is 12.5 Å². The fraction of sp³-hybridized carbons (Fsp3) is 0.769. The molecule has 0 amide bonds. The van der Waals surface area contributed by atoms with E-state index < -0.39 is 0 Å². The zero-order valence-corrected chi connectivity index (χ0v) is 11.4. The molecule has 90 valence electrons. The number of nitrogens with zero attached hydrogens (tertiary/aromatic N) is 1. The SMILES string of the molecule is CCNC(C)(C)c1csc(C2CCCC2)n1. The van der Waals surface area contributed by atoms with Crippen molar-refractivity contribution < 1.29 is 0 Å². The second-order valence-corrected chi connectivity index (χ2v) is 6.10. The summed E-state index contributed by atoms with van der Waals surface area (Å²) in [5, 5.41) is 7.08. The van der Waals surface area contributed by atoms with Crippen LogP contribution in [0.2, 0.25) is 0 Å². The zero-order chi connectivity index (χ0) is 11.6. The summed E-state index contributed by atoms with van der Waals surface area (Å²) in [7, 11) is 0. The molecule has 1 aliphatic carbocycles. The van der Waals surface area contributed by atoms with Crippen molar-refractivity contribution in [1.82, 2.24) is 10.3 Å². The molecule has 0 unspecified atom stereocenters. The molecule has 0 spiro atoms. The molecule has 16 heavy (non-hydrogen) atoms. The maximum absolute atomic E-state index is 4.84. The molecule has 0 radical (unpaired) electrons. The summed E-state index contributed by atoms with van der Waals surface area (Å²) < 4.78 is 0. The van der Waals surface area contributed by atoms with E-state index in [1.165, 1.54) is 36.4 Å². The molecule has 0 atom stereocenters. The highest BCUT2D eigenvalue weighted by molar-refractivity contribution is 7.09. The van der Waals surface area contributed by atoms with E-state index in [1.807, 2.05) is 11.3 Å². The highest BCUT2D eigenvalue weighted by Crippen LogP contribution is 2.36. The largest absolute Gasteiger partial charge is 0.307 e. The molecule has 1 N–H and O–H groups in total. The fourth-order valence-corrected chi connectivity index (χ4v) is 3.63. The van der Waals surface area contributed by atoms with Crippen LogP contribution in [0, 0.1) is 0 Å². The van der Waals surface area contributed by atoms with Gasteiger partial charge < -0.3 is 5.32 Å². The van der Waals surface area contributed by atoms with Gasteiger partial charge in [0.15, 0.2) is 0 Å². The van der Waals surface area contributed by atoms with E-state index >= 15 is 0 Å². The Labute approximate surface area is 102 Å². The van der Waals surface area contributed by atoms with E-state index in [0.29, 0.717) is 0 Å². The number of nitrogens with one attached hydrogen (secondary N) is 1. The summed E-state index contributed by atoms with van der Waals surface area (Å²) in [5.74, 6) is 0.746. The van der Waals surface area contributed by atoms with E-state index in [4.69, 9.17) is 4.98 Å². The highest BCUT2D eigenvalue weighted by atomic mass is 32.1. The second-order valence-electron chi connectivity index (χ2n) is 5.21. The monoisotopic (exact) mass is 238 g/mol. The number of rotatable bonds is 4. The lowest BCUT2D eigenvalue weighted by molar-refractivity contribution is 0.405. The van der Waals surface area contributed by atoms with E-state index in [2.05, 4.69) is 31.5 Å². The quantitative estimate of drug-likeness (QED) is 0.866. The Morgan fingerprint density at radius 3 is 2.75 bits per heavy atom. The Balaban J connectivity index is 2.12. The first kappa shape index (κ1) is 12.1. The van der Waals surface area contributed by atoms with Crippen LogP contribution < -0.4 is 5.32 Å². The van der Waals surface area contributed by atoms with Gasteiger partial charge in [-0.3, -0.25) is 0 Å². The smallest absolute Gasteiger partial charge is 0.0960 e. The average Bonchev–Trinajstić information content (AvgIpc) is 2.89. The molecule has 1 fully saturated rings. The third-order valence-electron chi connectivity index (χ3n) is 3.49. The maximum atomic E-state index is 4.84. The van der Waals surface area contributed by atoms with Gasteiger partial charge in [-0.1, -0.05) is 19.8 Å². The summed E-state index contributed by atoms with van der Waals surface area (Å²) >= 11 is 1.85. The van der Waals surface area contributed by atoms with Gasteiger partial charge in [0.2, 0.25) is 0 Å². The van der Waals surface area contributed by atoms with Crippen molar-refractivity contribution in [2.45, 2.75) is 57.9 Å². The molecule has 3 heteroatoms. The summed E-state index contributed by atoms with van der Waals surface area (Å²) in [6.45, 7) is 7.56. The van der Waals surface area contributed by atoms with E-state index in [-0.39, 0.29) is 5.54 Å². The first-order valence-corrected chi connectivity index (χ1v) is 7.22. The average molecular weight is 238 g/mol. The van der Waals surface area contributed by atoms with Gasteiger partial charge in [-0.05, 0) is 33.2 Å². The van der Waals surface area contributed by atoms with Crippen LogP contribution in [-0.2, 0) is 5.54 Å². The Morgan fingerprint density at radius 1 is 1.44 bits per heavy atom. The van der Waals surface area contributed by atoms with Crippen LogP contribution in [-0.4, -0.2) is 11.5 Å². The first-order chi connectivity index (χ1) is 7.63. The predicted octanol–water partition coefficient (Wildman–Crippen LogP) is 3.65. The minimum absolute atomic E-state index is 0.0160. The number of aromatic nitrogens is 1. The van der Waals surface area contributed by atoms with Gasteiger partial charge in [0.1, 0.15) is 0 Å². The summed E-state index contributed by atoms with van der Waals surface area (Å²) in [4.78, 5) is 4.84. The molecular weight excluding hydrogens is 216 g/mol. The molecule has 0 bridgehead atoms. The Bertz CT molecular complexity index is 337. The molecule has 1 aromatic rings. The third kappa shape index (κ3) is 2.46. The molecule has 1 aliphatic rings. The third-order valence-corrected chi connectivity index (χ3v) is 4.49. The van der Waals surface area contributed by atoms with Gasteiger partial charge >= 0.3 is 0 Å². The summed E-state index contributed by atoms with van der Waals surface area (Å²) in [6.07, 6.45) is 5.45. The van der Waals surface area contributed by atoms with Crippen molar-refractivity contribution in [3.05, 3.63) is 16.1 Å². The number of thiazole rings is 1. The van der Waals surface area contributed by atoms with Crippen LogP contribution in [0.15, 0.2) is 5.38 Å². The minimum Gasteiger partial charge on any atom is -0.307 e. The van der Waals surface area contributed by atoms with Crippen LogP contribution in [0.1, 0.15) is 63.1 Å². The fourth-order valence-electron chi connectivity index (χ4n) is 2.47. The van der Waals surface area contributed by atoms with Crippen LogP contribution in [0.25, 0.3) is 0 Å². The lowest BCUT2D eigenvalue weighted by atomic mass is 10.0. The lowest BCUT2D eigenvalue weighted by Gasteiger charge is -2.23. The van der Waals surface area contributed by atoms with Gasteiger partial charge in [0.05, 0.1) is 16.2 Å². The van der Waals surface area contributed by atoms with Gasteiger partial charge in [-0.2, -0.15) is 0 Å². The molecule has 2 nitrogen and oxygen atoms in total. The zero-order valence-electron chi connectivity index (χ0n) is 10.5. The standard InChI is InChI=1S/C13H22N2S/c1-4-14-13(2,3)11-9-16-12(15-11)10-7-5-6-8-10/h9-10,14H,4-8H2,1-3H3. The Hall–Kier alpha value is -0.410. The molecule has 0 saturated heterocycles. The van der Waals surface area contributed by atoms with Crippen LogP contribution >= 0.6 is 11.3 Å². The van der Waals surface area contributed by atoms with Crippen molar-refractivity contribution in [3.8, 4) is 0 Å². The maximum Gasteiger partial charge on any atom is 0.0960 e. The normalized spacial score (nSPS) is 18.2. The molecule has 1 heterocycles. The van der Waals surface area contributed by atoms with Crippen LogP contribution in [0.4, 0.5) is 0 Å². The predicted molar refractivity (Wildman–Crippen MR) is 70.0 cm³/mol. The van der Waals surface area contributed by atoms with Crippen molar-refractivity contribution in [1.29, 1.82) is 0 Å². The number of hydrogen-bond donors (Lipinski definition) is 1. The second kappa shape index (κ2) is 4.84. The van der Waals surface area contributed by atoms with Crippen LogP contribution in [0.3, 0.4) is 0 Å². The van der Waals surface area contributed by atoms with Gasteiger partial charge in [-0.15, -0.1) is 11.3 Å². The lowest BCUT2D eigenvalue weighted by Crippen LogP contribution is -2.36. The first-order valence-electron chi connectivity index (χ1n) is 6.34. The highest BCUT2D eigenvalue weighted by Gasteiger charge is 2.25. The van der Waals surface area contributed by atoms with Gasteiger partial charge in [0, 0.05) is 11.3 Å². The van der Waals surface area contributed by atoms with Crippen molar-refractivity contribution >= 4 is 11.3 Å². The molecule has 1 aromatic heterocycles. The summed E-state index contributed by atoms with van der Waals surface area (Å²) in [6, 6.07) is 0. The number of hydrogen-bond acceptors (Lipinski definition) is 3. The van der Waals surface area contributed by atoms with E-state index in [1.54, 1.807) is 0 Å².